The number of carbonyl (C=O) groups is 1. The number of nitrogens with two attached hydrogens (primary N) is 1. The maximum Gasteiger partial charge on any atom is 0.238 e. The quantitative estimate of drug-likeness (QED) is 0.530. The number of piperidine rings is 1. The molecule has 4 rings (SSSR count). The number of imidazole rings is 1. The maximum atomic E-state index is 12.6. The molecule has 3 N–H and O–H groups in total. The summed E-state index contributed by atoms with van der Waals surface area (Å²) in [7, 11) is -3.69. The van der Waals surface area contributed by atoms with Gasteiger partial charge in [0, 0.05) is 44.0 Å². The van der Waals surface area contributed by atoms with Crippen molar-refractivity contribution in [1.29, 1.82) is 0 Å². The molecule has 1 saturated heterocycles. The van der Waals surface area contributed by atoms with E-state index >= 15 is 0 Å². The fraction of sp³-hybridized carbons (Fsp3) is 0.364. The normalized spacial score (nSPS) is 14.9. The van der Waals surface area contributed by atoms with Crippen LogP contribution in [-0.2, 0) is 21.2 Å². The van der Waals surface area contributed by atoms with Gasteiger partial charge in [-0.05, 0) is 43.9 Å². The van der Waals surface area contributed by atoms with Crippen molar-refractivity contribution in [2.45, 2.75) is 31.1 Å². The SMILES string of the molecule is Cc1nccn1-c1cc(N2CCC(C(=O)NCCc3ccc(S(N)(=O)=O)cc3)CC2)ncn1. The standard InChI is InChI=1S/C22H27N7O3S/c1-16-24-10-13-29(16)21-14-20(26-15-27-21)28-11-7-18(8-12-28)22(30)25-9-6-17-2-4-19(5-3-17)33(23,31)32/h2-5,10,13-15,18H,6-9,11-12H2,1H3,(H,25,30)(H2,23,31,32). The number of benzene rings is 1. The first-order valence-corrected chi connectivity index (χ1v) is 12.3. The summed E-state index contributed by atoms with van der Waals surface area (Å²) < 4.78 is 24.6. The summed E-state index contributed by atoms with van der Waals surface area (Å²) >= 11 is 0. The first kappa shape index (κ1) is 22.9. The lowest BCUT2D eigenvalue weighted by Crippen LogP contribution is -2.41. The predicted molar refractivity (Wildman–Crippen MR) is 123 cm³/mol. The van der Waals surface area contributed by atoms with Gasteiger partial charge in [0.1, 0.15) is 23.8 Å². The zero-order chi connectivity index (χ0) is 23.4. The summed E-state index contributed by atoms with van der Waals surface area (Å²) in [5, 5.41) is 8.11. The van der Waals surface area contributed by atoms with Crippen molar-refractivity contribution in [1.82, 2.24) is 24.8 Å². The zero-order valence-electron chi connectivity index (χ0n) is 18.4. The van der Waals surface area contributed by atoms with Crippen LogP contribution in [0.5, 0.6) is 0 Å². The number of amides is 1. The van der Waals surface area contributed by atoms with Crippen LogP contribution in [0.25, 0.3) is 5.82 Å². The highest BCUT2D eigenvalue weighted by atomic mass is 32.2. The van der Waals surface area contributed by atoms with Crippen LogP contribution in [0.2, 0.25) is 0 Å². The second-order valence-corrected chi connectivity index (χ2v) is 9.63. The van der Waals surface area contributed by atoms with Crippen LogP contribution in [0.4, 0.5) is 5.82 Å². The van der Waals surface area contributed by atoms with Crippen molar-refractivity contribution in [3.63, 3.8) is 0 Å². The molecule has 3 aromatic rings. The summed E-state index contributed by atoms with van der Waals surface area (Å²) in [5.41, 5.74) is 0.935. The lowest BCUT2D eigenvalue weighted by molar-refractivity contribution is -0.125. The molecule has 0 radical (unpaired) electrons. The van der Waals surface area contributed by atoms with Crippen LogP contribution in [0, 0.1) is 12.8 Å². The van der Waals surface area contributed by atoms with E-state index in [4.69, 9.17) is 5.14 Å². The molecule has 11 heteroatoms. The smallest absolute Gasteiger partial charge is 0.238 e. The fourth-order valence-corrected chi connectivity index (χ4v) is 4.47. The van der Waals surface area contributed by atoms with Gasteiger partial charge in [0.2, 0.25) is 15.9 Å². The number of nitrogens with one attached hydrogen (secondary N) is 1. The summed E-state index contributed by atoms with van der Waals surface area (Å²) in [6.07, 6.45) is 7.27. The maximum absolute atomic E-state index is 12.6. The van der Waals surface area contributed by atoms with Crippen molar-refractivity contribution in [2.75, 3.05) is 24.5 Å². The van der Waals surface area contributed by atoms with Crippen molar-refractivity contribution < 1.29 is 13.2 Å². The second kappa shape index (κ2) is 9.67. The number of primary sulfonamides is 1. The highest BCUT2D eigenvalue weighted by Gasteiger charge is 2.25. The Kier molecular flexibility index (Phi) is 6.70. The van der Waals surface area contributed by atoms with Crippen molar-refractivity contribution >= 4 is 21.7 Å². The number of anilines is 1. The van der Waals surface area contributed by atoms with Gasteiger partial charge in [-0.2, -0.15) is 0 Å². The molecule has 10 nitrogen and oxygen atoms in total. The molecule has 0 aliphatic carbocycles. The fourth-order valence-electron chi connectivity index (χ4n) is 3.95. The van der Waals surface area contributed by atoms with E-state index in [1.165, 1.54) is 12.1 Å². The summed E-state index contributed by atoms with van der Waals surface area (Å²) in [6.45, 7) is 3.90. The minimum Gasteiger partial charge on any atom is -0.356 e. The molecule has 1 aromatic carbocycles. The topological polar surface area (TPSA) is 136 Å². The number of carbonyl (C=O) groups excluding carboxylic acids is 1. The average Bonchev–Trinajstić information content (AvgIpc) is 3.25. The van der Waals surface area contributed by atoms with E-state index in [9.17, 15) is 13.2 Å². The van der Waals surface area contributed by atoms with Crippen LogP contribution in [-0.4, -0.2) is 53.5 Å². The van der Waals surface area contributed by atoms with E-state index in [-0.39, 0.29) is 16.7 Å². The third-order valence-corrected chi connectivity index (χ3v) is 6.79. The van der Waals surface area contributed by atoms with Crippen LogP contribution >= 0.6 is 0 Å². The zero-order valence-corrected chi connectivity index (χ0v) is 19.2. The molecule has 1 aliphatic rings. The molecule has 1 fully saturated rings. The molecule has 0 bridgehead atoms. The average molecular weight is 470 g/mol. The Labute approximate surface area is 192 Å². The Morgan fingerprint density at radius 2 is 1.82 bits per heavy atom. The molecule has 3 heterocycles. The van der Waals surface area contributed by atoms with Crippen molar-refractivity contribution in [2.24, 2.45) is 11.1 Å². The Balaban J connectivity index is 1.26. The van der Waals surface area contributed by atoms with Gasteiger partial charge in [0.05, 0.1) is 4.90 Å². The summed E-state index contributed by atoms with van der Waals surface area (Å²) in [4.78, 5) is 27.8. The van der Waals surface area contributed by atoms with Gasteiger partial charge in [0.25, 0.3) is 0 Å². The summed E-state index contributed by atoms with van der Waals surface area (Å²) in [6, 6.07) is 8.33. The number of hydrogen-bond acceptors (Lipinski definition) is 7. The van der Waals surface area contributed by atoms with E-state index in [2.05, 4.69) is 25.2 Å². The van der Waals surface area contributed by atoms with E-state index in [1.54, 1.807) is 24.7 Å². The van der Waals surface area contributed by atoms with Gasteiger partial charge >= 0.3 is 0 Å². The van der Waals surface area contributed by atoms with Gasteiger partial charge < -0.3 is 10.2 Å². The number of nitrogens with zero attached hydrogens (tertiary/aromatic N) is 5. The number of hydrogen-bond donors (Lipinski definition) is 2. The van der Waals surface area contributed by atoms with Gasteiger partial charge in [-0.25, -0.2) is 28.5 Å². The molecule has 0 saturated carbocycles. The number of aromatic nitrogens is 4. The first-order chi connectivity index (χ1) is 15.8. The molecule has 2 aromatic heterocycles. The van der Waals surface area contributed by atoms with Crippen LogP contribution < -0.4 is 15.4 Å². The minimum absolute atomic E-state index is 0.0387. The molecular weight excluding hydrogens is 442 g/mol. The molecule has 1 aliphatic heterocycles. The third kappa shape index (κ3) is 5.55. The Bertz CT molecular complexity index is 1220. The molecule has 33 heavy (non-hydrogen) atoms. The summed E-state index contributed by atoms with van der Waals surface area (Å²) in [5.74, 6) is 2.48. The van der Waals surface area contributed by atoms with Crippen molar-refractivity contribution in [3.05, 3.63) is 60.4 Å². The van der Waals surface area contributed by atoms with Gasteiger partial charge in [-0.15, -0.1) is 0 Å². The van der Waals surface area contributed by atoms with E-state index in [0.29, 0.717) is 13.0 Å². The molecule has 0 atom stereocenters. The Morgan fingerprint density at radius 1 is 1.12 bits per heavy atom. The molecule has 1 amide bonds. The predicted octanol–water partition coefficient (Wildman–Crippen LogP) is 1.19. The Hall–Kier alpha value is -3.31. The largest absolute Gasteiger partial charge is 0.356 e. The van der Waals surface area contributed by atoms with E-state index in [1.807, 2.05) is 23.8 Å². The third-order valence-electron chi connectivity index (χ3n) is 5.87. The number of sulfonamides is 1. The monoisotopic (exact) mass is 469 g/mol. The highest BCUT2D eigenvalue weighted by molar-refractivity contribution is 7.89. The van der Waals surface area contributed by atoms with Crippen LogP contribution in [0.1, 0.15) is 24.2 Å². The van der Waals surface area contributed by atoms with Crippen LogP contribution in [0.3, 0.4) is 0 Å². The lowest BCUT2D eigenvalue weighted by Gasteiger charge is -2.32. The highest BCUT2D eigenvalue weighted by Crippen LogP contribution is 2.23. The molecular formula is C22H27N7O3S. The van der Waals surface area contributed by atoms with Gasteiger partial charge in [-0.1, -0.05) is 12.1 Å². The van der Waals surface area contributed by atoms with E-state index < -0.39 is 10.0 Å². The minimum atomic E-state index is -3.69. The lowest BCUT2D eigenvalue weighted by atomic mass is 9.96. The molecule has 0 unspecified atom stereocenters. The molecule has 0 spiro atoms. The second-order valence-electron chi connectivity index (χ2n) is 8.07. The molecule has 174 valence electrons. The Morgan fingerprint density at radius 3 is 2.45 bits per heavy atom. The van der Waals surface area contributed by atoms with Crippen molar-refractivity contribution in [3.8, 4) is 5.82 Å². The first-order valence-electron chi connectivity index (χ1n) is 10.8. The number of aryl methyl sites for hydroxylation is 1. The van der Waals surface area contributed by atoms with E-state index in [0.717, 1.165) is 49.0 Å². The van der Waals surface area contributed by atoms with Gasteiger partial charge in [0.15, 0.2) is 0 Å². The van der Waals surface area contributed by atoms with Gasteiger partial charge in [-0.3, -0.25) is 9.36 Å². The van der Waals surface area contributed by atoms with Crippen LogP contribution in [0.15, 0.2) is 53.9 Å². The number of rotatable bonds is 7.